The van der Waals surface area contributed by atoms with Gasteiger partial charge in [-0.1, -0.05) is 109 Å². The Bertz CT molecular complexity index is 3770. The lowest BCUT2D eigenvalue weighted by Crippen LogP contribution is -2.12. The van der Waals surface area contributed by atoms with Crippen LogP contribution < -0.4 is 10.8 Å². The third kappa shape index (κ3) is 7.48. The maximum absolute atomic E-state index is 13.5. The first-order chi connectivity index (χ1) is 32.4. The minimum absolute atomic E-state index is 0.0282. The maximum atomic E-state index is 13.5. The van der Waals surface area contributed by atoms with Gasteiger partial charge in [-0.15, -0.1) is 10.2 Å². The largest absolute Gasteiger partial charge is 0.505 e. The topological polar surface area (TPSA) is 166 Å². The molecule has 0 bridgehead atoms. The van der Waals surface area contributed by atoms with Gasteiger partial charge in [0.1, 0.15) is 23.7 Å². The zero-order chi connectivity index (χ0) is 44.6. The monoisotopic (exact) mass is 860 g/mol. The average Bonchev–Trinajstić information content (AvgIpc) is 3.36. The standard InChI is InChI=1S/C54H36N8O4/c63-52-34(31-66-62-36-17-5-2-6-18-36)27-32-13-7-9-19-39(32)50(52)60-58-37-23-25-41-42-26-24-38(30-44(42)49-48(43(41)29-37)56-46-21-11-12-22-47(46)57-49)59-61-51-40-20-10-8-14-33(40)28-45(53(51)64)54(65)55-35-15-3-1-4-16-35/h1-30,62-64H,31H2,(H,55,65). The second kappa shape index (κ2) is 16.9. The summed E-state index contributed by atoms with van der Waals surface area (Å²) in [4.78, 5) is 29.5. The Hall–Kier alpha value is -9.13. The van der Waals surface area contributed by atoms with Crippen LogP contribution in [0.2, 0.25) is 0 Å². The van der Waals surface area contributed by atoms with Crippen molar-refractivity contribution in [3.8, 4) is 11.5 Å². The highest BCUT2D eigenvalue weighted by Crippen LogP contribution is 2.43. The fourth-order valence-corrected chi connectivity index (χ4v) is 8.24. The summed E-state index contributed by atoms with van der Waals surface area (Å²) in [5, 5.41) is 50.9. The van der Waals surface area contributed by atoms with Gasteiger partial charge in [-0.3, -0.25) is 15.1 Å². The number of amides is 1. The number of carbonyl (C=O) groups excluding carboxylic acids is 1. The molecule has 1 heterocycles. The van der Waals surface area contributed by atoms with Crippen molar-refractivity contribution < 1.29 is 19.8 Å². The smallest absolute Gasteiger partial charge is 0.259 e. The summed E-state index contributed by atoms with van der Waals surface area (Å²) >= 11 is 0. The number of hydrogen-bond acceptors (Lipinski definition) is 11. The predicted octanol–water partition coefficient (Wildman–Crippen LogP) is 14.4. The van der Waals surface area contributed by atoms with E-state index in [-0.39, 0.29) is 29.4 Å². The molecule has 11 aromatic rings. The van der Waals surface area contributed by atoms with Gasteiger partial charge in [0.15, 0.2) is 5.75 Å². The van der Waals surface area contributed by atoms with E-state index < -0.39 is 5.91 Å². The molecule has 316 valence electrons. The summed E-state index contributed by atoms with van der Waals surface area (Å²) in [5.41, 5.74) is 9.23. The first-order valence-corrected chi connectivity index (χ1v) is 21.1. The zero-order valence-electron chi connectivity index (χ0n) is 34.9. The number of anilines is 2. The number of azo groups is 2. The fourth-order valence-electron chi connectivity index (χ4n) is 8.24. The van der Waals surface area contributed by atoms with Crippen LogP contribution in [-0.2, 0) is 11.4 Å². The van der Waals surface area contributed by atoms with Crippen molar-refractivity contribution in [2.75, 3.05) is 10.8 Å². The van der Waals surface area contributed by atoms with Gasteiger partial charge in [-0.2, -0.15) is 10.2 Å². The number of benzene rings is 10. The summed E-state index contributed by atoms with van der Waals surface area (Å²) in [5.74, 6) is -0.784. The molecule has 0 saturated carbocycles. The fraction of sp³-hybridized carbons (Fsp3) is 0.0185. The number of fused-ring (bicyclic) bond motifs is 9. The number of aromatic hydroxyl groups is 2. The van der Waals surface area contributed by atoms with E-state index in [1.165, 1.54) is 0 Å². The Morgan fingerprint density at radius 3 is 1.58 bits per heavy atom. The quantitative estimate of drug-likeness (QED) is 0.0459. The Labute approximate surface area is 376 Å². The molecular formula is C54H36N8O4. The van der Waals surface area contributed by atoms with Crippen LogP contribution >= 0.6 is 0 Å². The highest BCUT2D eigenvalue weighted by molar-refractivity contribution is 6.24. The lowest BCUT2D eigenvalue weighted by atomic mass is 9.98. The maximum Gasteiger partial charge on any atom is 0.259 e. The van der Waals surface area contributed by atoms with Crippen molar-refractivity contribution in [1.82, 2.24) is 9.97 Å². The average molecular weight is 861 g/mol. The molecule has 11 rings (SSSR count). The van der Waals surface area contributed by atoms with Crippen LogP contribution in [0.15, 0.2) is 202 Å². The molecule has 4 N–H and O–H groups in total. The van der Waals surface area contributed by atoms with Crippen LogP contribution in [0.3, 0.4) is 0 Å². The minimum atomic E-state index is -0.473. The van der Waals surface area contributed by atoms with Crippen molar-refractivity contribution in [2.45, 2.75) is 6.61 Å². The van der Waals surface area contributed by atoms with Crippen LogP contribution in [0.4, 0.5) is 34.1 Å². The van der Waals surface area contributed by atoms with Gasteiger partial charge in [0, 0.05) is 32.8 Å². The zero-order valence-corrected chi connectivity index (χ0v) is 34.9. The van der Waals surface area contributed by atoms with E-state index in [0.29, 0.717) is 44.7 Å². The molecule has 0 aliphatic rings. The molecule has 0 fully saturated rings. The van der Waals surface area contributed by atoms with Gasteiger partial charge < -0.3 is 15.5 Å². The van der Waals surface area contributed by atoms with E-state index in [1.807, 2.05) is 164 Å². The molecule has 12 heteroatoms. The van der Waals surface area contributed by atoms with Crippen LogP contribution in [0.5, 0.6) is 11.5 Å². The number of para-hydroxylation sites is 4. The van der Waals surface area contributed by atoms with Crippen LogP contribution in [0.25, 0.3) is 65.2 Å². The van der Waals surface area contributed by atoms with E-state index in [2.05, 4.69) is 31.3 Å². The number of aromatic nitrogens is 2. The van der Waals surface area contributed by atoms with Crippen LogP contribution in [0.1, 0.15) is 15.9 Å². The number of phenols is 2. The second-order valence-electron chi connectivity index (χ2n) is 15.6. The summed E-state index contributed by atoms with van der Waals surface area (Å²) in [6.07, 6.45) is 0. The summed E-state index contributed by atoms with van der Waals surface area (Å²) in [6, 6.07) is 56.4. The number of nitrogens with one attached hydrogen (secondary N) is 2. The number of rotatable bonds is 10. The molecule has 1 aromatic heterocycles. The van der Waals surface area contributed by atoms with Crippen LogP contribution in [-0.4, -0.2) is 26.1 Å². The molecule has 0 aliphatic heterocycles. The number of carbonyl (C=O) groups is 1. The molecule has 0 aliphatic carbocycles. The van der Waals surface area contributed by atoms with Crippen molar-refractivity contribution in [2.24, 2.45) is 20.5 Å². The van der Waals surface area contributed by atoms with E-state index in [9.17, 15) is 15.0 Å². The normalized spacial score (nSPS) is 11.8. The molecule has 0 radical (unpaired) electrons. The Balaban J connectivity index is 0.984. The lowest BCUT2D eigenvalue weighted by molar-refractivity contribution is 0.102. The predicted molar refractivity (Wildman–Crippen MR) is 261 cm³/mol. The highest BCUT2D eigenvalue weighted by atomic mass is 16.6. The lowest BCUT2D eigenvalue weighted by Gasteiger charge is -2.12. The molecular weight excluding hydrogens is 825 g/mol. The molecule has 0 atom stereocenters. The third-order valence-corrected chi connectivity index (χ3v) is 11.4. The first kappa shape index (κ1) is 39.7. The van der Waals surface area contributed by atoms with E-state index in [4.69, 9.17) is 14.8 Å². The molecule has 0 unspecified atom stereocenters. The summed E-state index contributed by atoms with van der Waals surface area (Å²) in [6.45, 7) is 0.0827. The van der Waals surface area contributed by atoms with Crippen molar-refractivity contribution in [3.63, 3.8) is 0 Å². The van der Waals surface area contributed by atoms with Gasteiger partial charge >= 0.3 is 0 Å². The Morgan fingerprint density at radius 1 is 0.485 bits per heavy atom. The Kier molecular flexibility index (Phi) is 10.1. The molecule has 66 heavy (non-hydrogen) atoms. The van der Waals surface area contributed by atoms with Crippen molar-refractivity contribution in [1.29, 1.82) is 0 Å². The van der Waals surface area contributed by atoms with Gasteiger partial charge in [0.05, 0.1) is 44.7 Å². The molecule has 0 spiro atoms. The first-order valence-electron chi connectivity index (χ1n) is 21.1. The van der Waals surface area contributed by atoms with Gasteiger partial charge in [-0.05, 0) is 94.3 Å². The third-order valence-electron chi connectivity index (χ3n) is 11.4. The van der Waals surface area contributed by atoms with Crippen LogP contribution in [0, 0.1) is 0 Å². The Morgan fingerprint density at radius 2 is 0.985 bits per heavy atom. The number of hydrogen-bond donors (Lipinski definition) is 4. The minimum Gasteiger partial charge on any atom is -0.505 e. The van der Waals surface area contributed by atoms with Crippen molar-refractivity contribution >= 4 is 105 Å². The number of phenolic OH excluding ortho intramolecular Hbond substituents is 2. The van der Waals surface area contributed by atoms with E-state index in [1.54, 1.807) is 18.2 Å². The second-order valence-corrected chi connectivity index (χ2v) is 15.6. The van der Waals surface area contributed by atoms with Crippen molar-refractivity contribution in [3.05, 3.63) is 193 Å². The summed E-state index contributed by atoms with van der Waals surface area (Å²) in [7, 11) is 0. The molecule has 12 nitrogen and oxygen atoms in total. The van der Waals surface area contributed by atoms with Gasteiger partial charge in [0.25, 0.3) is 5.91 Å². The van der Waals surface area contributed by atoms with E-state index >= 15 is 0 Å². The molecule has 10 aromatic carbocycles. The number of nitrogens with zero attached hydrogens (tertiary/aromatic N) is 6. The highest BCUT2D eigenvalue weighted by Gasteiger charge is 2.20. The van der Waals surface area contributed by atoms with Gasteiger partial charge in [0.2, 0.25) is 0 Å². The molecule has 0 saturated heterocycles. The van der Waals surface area contributed by atoms with Gasteiger partial charge in [-0.25, -0.2) is 9.97 Å². The SMILES string of the molecule is O=C(Nc1ccccc1)c1cc2ccccc2c(N=Nc2ccc3c4ccc(N=Nc5c(O)c(CONc6ccccc6)cc6ccccc56)cc4c4nc5ccccc5nc4c3c2)c1O. The summed E-state index contributed by atoms with van der Waals surface area (Å²) < 4.78 is 0. The molecule has 1 amide bonds. The van der Waals surface area contributed by atoms with E-state index in [0.717, 1.165) is 54.4 Å².